The third-order valence-corrected chi connectivity index (χ3v) is 7.77. The van der Waals surface area contributed by atoms with Crippen molar-refractivity contribution in [2.24, 2.45) is 11.3 Å². The molecule has 2 aromatic heterocycles. The standard InChI is InChI=1S/C22H24N.C6H5NO2.Pt/c1-22(2)18-10-17-11-21(23-13-19(17)20(22)12-18)16-8-7-14-5-3-4-6-15(14)9-16;8-6(9)5-3-1-2-4-7-5;/h7,9,11,13,18,20H,3-6,10,12H2,1-2H3;1-4H,(H,8,9);/q-1;;. The van der Waals surface area contributed by atoms with Gasteiger partial charge in [0.15, 0.2) is 0 Å². The van der Waals surface area contributed by atoms with Gasteiger partial charge in [-0.1, -0.05) is 45.2 Å². The van der Waals surface area contributed by atoms with E-state index in [2.05, 4.69) is 49.3 Å². The summed E-state index contributed by atoms with van der Waals surface area (Å²) in [5.41, 5.74) is 8.95. The van der Waals surface area contributed by atoms with Gasteiger partial charge in [-0.25, -0.2) is 9.78 Å². The van der Waals surface area contributed by atoms with Crippen LogP contribution in [-0.2, 0) is 40.3 Å². The van der Waals surface area contributed by atoms with Crippen LogP contribution >= 0.6 is 0 Å². The van der Waals surface area contributed by atoms with E-state index < -0.39 is 5.97 Å². The Morgan fingerprint density at radius 2 is 1.88 bits per heavy atom. The molecule has 4 aliphatic rings. The molecule has 2 unspecified atom stereocenters. The monoisotopic (exact) mass is 620 g/mol. The fourth-order valence-corrected chi connectivity index (χ4v) is 5.60. The van der Waals surface area contributed by atoms with Crippen LogP contribution in [0.4, 0.5) is 0 Å². The predicted octanol–water partition coefficient (Wildman–Crippen LogP) is 5.89. The second-order valence-electron chi connectivity index (χ2n) is 9.90. The van der Waals surface area contributed by atoms with Gasteiger partial charge in [-0.15, -0.1) is 34.9 Å². The van der Waals surface area contributed by atoms with Crippen molar-refractivity contribution >= 4 is 5.97 Å². The van der Waals surface area contributed by atoms with Crippen molar-refractivity contribution in [3.05, 3.63) is 82.8 Å². The average Bonchev–Trinajstić information content (AvgIpc) is 2.83. The number of aromatic carboxylic acids is 1. The Bertz CT molecular complexity index is 1160. The second-order valence-corrected chi connectivity index (χ2v) is 9.90. The van der Waals surface area contributed by atoms with Crippen molar-refractivity contribution in [2.75, 3.05) is 0 Å². The molecule has 7 rings (SSSR count). The van der Waals surface area contributed by atoms with Crippen molar-refractivity contribution in [1.29, 1.82) is 0 Å². The summed E-state index contributed by atoms with van der Waals surface area (Å²) in [6.45, 7) is 4.86. The molecule has 1 saturated carbocycles. The van der Waals surface area contributed by atoms with Crippen LogP contribution in [0, 0.1) is 17.4 Å². The number of aromatic nitrogens is 2. The van der Waals surface area contributed by atoms with E-state index in [1.165, 1.54) is 73.0 Å². The molecule has 0 saturated heterocycles. The van der Waals surface area contributed by atoms with Gasteiger partial charge in [0.1, 0.15) is 5.69 Å². The number of aryl methyl sites for hydroxylation is 2. The smallest absolute Gasteiger partial charge is 0.354 e. The molecule has 0 radical (unpaired) electrons. The molecule has 2 atom stereocenters. The maximum Gasteiger partial charge on any atom is 0.354 e. The number of carbonyl (C=O) groups is 1. The van der Waals surface area contributed by atoms with E-state index in [9.17, 15) is 4.79 Å². The minimum Gasteiger partial charge on any atom is -0.477 e. The Kier molecular flexibility index (Phi) is 6.86. The zero-order valence-electron chi connectivity index (χ0n) is 19.1. The summed E-state index contributed by atoms with van der Waals surface area (Å²) in [5, 5.41) is 8.32. The van der Waals surface area contributed by atoms with E-state index in [0.717, 1.165) is 17.5 Å². The number of pyridine rings is 2. The summed E-state index contributed by atoms with van der Waals surface area (Å²) in [6, 6.07) is 15.2. The third-order valence-electron chi connectivity index (χ3n) is 7.77. The van der Waals surface area contributed by atoms with Gasteiger partial charge >= 0.3 is 5.97 Å². The molecular formula is C28H29N2O2Pt-. The number of hydrogen-bond donors (Lipinski definition) is 1. The molecule has 1 N–H and O–H groups in total. The molecule has 4 aliphatic carbocycles. The molecule has 5 heteroatoms. The van der Waals surface area contributed by atoms with Crippen LogP contribution in [-0.4, -0.2) is 21.0 Å². The summed E-state index contributed by atoms with van der Waals surface area (Å²) in [4.78, 5) is 18.5. The Morgan fingerprint density at radius 3 is 2.55 bits per heavy atom. The molecule has 2 bridgehead atoms. The van der Waals surface area contributed by atoms with Gasteiger partial charge in [0.05, 0.1) is 0 Å². The number of nitrogens with zero attached hydrogens (tertiary/aromatic N) is 2. The zero-order chi connectivity index (χ0) is 22.3. The molecule has 4 nitrogen and oxygen atoms in total. The van der Waals surface area contributed by atoms with Crippen molar-refractivity contribution in [3.63, 3.8) is 0 Å². The molecule has 1 fully saturated rings. The SMILES string of the molecule is CC1(C)C2Cc3cc(-c4[c-]cc5c(c4)CCCC5)ncc3C1C2.O=C(O)c1ccccn1.[Pt]. The number of rotatable bonds is 2. The molecule has 3 aromatic rings. The van der Waals surface area contributed by atoms with Crippen LogP contribution in [0.3, 0.4) is 0 Å². The van der Waals surface area contributed by atoms with Crippen LogP contribution < -0.4 is 0 Å². The minimum absolute atomic E-state index is 0. The van der Waals surface area contributed by atoms with Gasteiger partial charge in [-0.3, -0.25) is 0 Å². The van der Waals surface area contributed by atoms with Crippen LogP contribution in [0.5, 0.6) is 0 Å². The first-order valence-electron chi connectivity index (χ1n) is 11.6. The first-order chi connectivity index (χ1) is 15.4. The maximum absolute atomic E-state index is 10.1. The van der Waals surface area contributed by atoms with Crippen LogP contribution in [0.25, 0.3) is 11.3 Å². The summed E-state index contributed by atoms with van der Waals surface area (Å²) < 4.78 is 0. The van der Waals surface area contributed by atoms with E-state index >= 15 is 0 Å². The Hall–Kier alpha value is -2.32. The zero-order valence-corrected chi connectivity index (χ0v) is 21.4. The van der Waals surface area contributed by atoms with Gasteiger partial charge in [-0.05, 0) is 65.5 Å². The summed E-state index contributed by atoms with van der Waals surface area (Å²) >= 11 is 0. The van der Waals surface area contributed by atoms with E-state index in [1.807, 2.05) is 0 Å². The molecular weight excluding hydrogens is 591 g/mol. The molecule has 33 heavy (non-hydrogen) atoms. The Balaban J connectivity index is 0.000000221. The number of hydrogen-bond acceptors (Lipinski definition) is 3. The van der Waals surface area contributed by atoms with Crippen molar-refractivity contribution in [3.8, 4) is 11.3 Å². The number of fused-ring (bicyclic) bond motifs is 1. The first-order valence-corrected chi connectivity index (χ1v) is 11.6. The van der Waals surface area contributed by atoms with Gasteiger partial charge < -0.3 is 10.1 Å². The quantitative estimate of drug-likeness (QED) is 0.363. The molecule has 1 aromatic carbocycles. The average molecular weight is 621 g/mol. The van der Waals surface area contributed by atoms with E-state index in [4.69, 9.17) is 10.1 Å². The first kappa shape index (κ1) is 23.8. The van der Waals surface area contributed by atoms with E-state index in [-0.39, 0.29) is 26.8 Å². The van der Waals surface area contributed by atoms with E-state index in [1.54, 1.807) is 17.7 Å². The summed E-state index contributed by atoms with van der Waals surface area (Å²) in [6.07, 6.45) is 11.3. The minimum atomic E-state index is -0.990. The molecule has 0 aliphatic heterocycles. The van der Waals surface area contributed by atoms with Gasteiger partial charge in [0, 0.05) is 33.5 Å². The fourth-order valence-electron chi connectivity index (χ4n) is 5.60. The number of carboxylic acids is 1. The van der Waals surface area contributed by atoms with Crippen LogP contribution in [0.15, 0.2) is 48.8 Å². The summed E-state index contributed by atoms with van der Waals surface area (Å²) in [5.74, 6) is 0.601. The third kappa shape index (κ3) is 4.55. The second kappa shape index (κ2) is 9.50. The Labute approximate surface area is 210 Å². The van der Waals surface area contributed by atoms with Gasteiger partial charge in [-0.2, -0.15) is 0 Å². The Morgan fingerprint density at radius 1 is 1.09 bits per heavy atom. The normalized spacial score (nSPS) is 21.2. The van der Waals surface area contributed by atoms with Crippen molar-refractivity contribution in [1.82, 2.24) is 9.97 Å². The van der Waals surface area contributed by atoms with E-state index in [0.29, 0.717) is 5.41 Å². The largest absolute Gasteiger partial charge is 0.477 e. The molecule has 174 valence electrons. The number of benzene rings is 1. The predicted molar refractivity (Wildman–Crippen MR) is 125 cm³/mol. The van der Waals surface area contributed by atoms with Gasteiger partial charge in [0.25, 0.3) is 0 Å². The summed E-state index contributed by atoms with van der Waals surface area (Å²) in [7, 11) is 0. The van der Waals surface area contributed by atoms with Crippen LogP contribution in [0.1, 0.15) is 71.8 Å². The maximum atomic E-state index is 10.1. The molecule has 0 amide bonds. The molecule has 2 heterocycles. The number of carboxylic acid groups (broad SMARTS) is 1. The fraction of sp³-hybridized carbons (Fsp3) is 0.393. The van der Waals surface area contributed by atoms with Crippen LogP contribution in [0.2, 0.25) is 0 Å². The van der Waals surface area contributed by atoms with Gasteiger partial charge in [0.2, 0.25) is 0 Å². The molecule has 0 spiro atoms. The van der Waals surface area contributed by atoms with Crippen molar-refractivity contribution < 1.29 is 31.0 Å². The topological polar surface area (TPSA) is 63.1 Å². The van der Waals surface area contributed by atoms with Crippen molar-refractivity contribution in [2.45, 2.75) is 58.3 Å².